The van der Waals surface area contributed by atoms with E-state index in [2.05, 4.69) is 5.73 Å². The van der Waals surface area contributed by atoms with Crippen molar-refractivity contribution in [3.63, 3.8) is 0 Å². The lowest BCUT2D eigenvalue weighted by molar-refractivity contribution is 1.45. The van der Waals surface area contributed by atoms with Gasteiger partial charge < -0.3 is 5.73 Å². The Morgan fingerprint density at radius 3 is 1.75 bits per heavy atom. The molecule has 0 aromatic rings. The average Bonchev–Trinajstić information content (AvgIpc) is 0.918. The SMILES string of the molecule is N#CN.[N]. The van der Waals surface area contributed by atoms with Gasteiger partial charge in [0.2, 0.25) is 0 Å². The molecule has 0 aliphatic rings. The molecule has 21 valence electrons. The van der Waals surface area contributed by atoms with Crippen LogP contribution in [0.1, 0.15) is 0 Å². The van der Waals surface area contributed by atoms with Gasteiger partial charge >= 0.3 is 0 Å². The van der Waals surface area contributed by atoms with Crippen molar-refractivity contribution in [2.75, 3.05) is 0 Å². The zero-order chi connectivity index (χ0) is 2.71. The van der Waals surface area contributed by atoms with E-state index in [0.717, 1.165) is 0 Å². The number of hydrogen-bond acceptors (Lipinski definition) is 2. The molecule has 0 atom stereocenters. The fourth-order valence-corrected chi connectivity index (χ4v) is 0. The third-order valence-electron chi connectivity index (χ3n) is 0. The van der Waals surface area contributed by atoms with Gasteiger partial charge in [-0.15, -0.1) is 0 Å². The molecule has 3 radical (unpaired) electrons. The van der Waals surface area contributed by atoms with E-state index >= 15 is 0 Å². The predicted octanol–water partition coefficient (Wildman–Crippen LogP) is -1.05. The summed E-state index contributed by atoms with van der Waals surface area (Å²) in [5.41, 5.74) is 4.15. The normalized spacial score (nSPS) is 1.75. The lowest BCUT2D eigenvalue weighted by Crippen LogP contribution is -1.69. The average molecular weight is 56.0 g/mol. The molecule has 0 amide bonds. The molecule has 0 aliphatic carbocycles. The van der Waals surface area contributed by atoms with Crippen LogP contribution in [0.15, 0.2) is 0 Å². The van der Waals surface area contributed by atoms with Crippen molar-refractivity contribution in [2.24, 2.45) is 5.73 Å². The molecule has 0 unspecified atom stereocenters. The number of hydrogen-bond donors (Lipinski definition) is 1. The molecule has 0 aromatic carbocycles. The minimum atomic E-state index is 0. The molecule has 3 heteroatoms. The van der Waals surface area contributed by atoms with Crippen LogP contribution in [0.4, 0.5) is 0 Å². The van der Waals surface area contributed by atoms with Gasteiger partial charge in [-0.05, 0) is 0 Å². The molecular weight excluding hydrogens is 54.0 g/mol. The van der Waals surface area contributed by atoms with Crippen LogP contribution >= 0.6 is 0 Å². The first-order valence-electron chi connectivity index (χ1n) is 0.512. The van der Waals surface area contributed by atoms with Crippen LogP contribution in [0.3, 0.4) is 0 Å². The second-order valence-electron chi connectivity index (χ2n) is 0.129. The van der Waals surface area contributed by atoms with Crippen molar-refractivity contribution in [1.82, 2.24) is 6.15 Å². The highest BCUT2D eigenvalue weighted by Gasteiger charge is 1.12. The predicted molar refractivity (Wildman–Crippen MR) is 11.9 cm³/mol. The summed E-state index contributed by atoms with van der Waals surface area (Å²) >= 11 is 0. The van der Waals surface area contributed by atoms with E-state index < -0.39 is 0 Å². The summed E-state index contributed by atoms with van der Waals surface area (Å²) in [7, 11) is 0. The molecule has 2 N–H and O–H groups in total. The van der Waals surface area contributed by atoms with Crippen LogP contribution in [-0.2, 0) is 0 Å². The quantitative estimate of drug-likeness (QED) is 0.283. The fourth-order valence-electron chi connectivity index (χ4n) is 0. The first-order valence-corrected chi connectivity index (χ1v) is 0.512. The van der Waals surface area contributed by atoms with Gasteiger partial charge in [-0.1, -0.05) is 0 Å². The van der Waals surface area contributed by atoms with Crippen LogP contribution in [0.5, 0.6) is 0 Å². The monoisotopic (exact) mass is 56.0 g/mol. The Bertz CT molecular complexity index is 24.8. The topological polar surface area (TPSA) is 80.3 Å². The Labute approximate surface area is 24.6 Å². The fraction of sp³-hybridized carbons (Fsp3) is 0. The van der Waals surface area contributed by atoms with Gasteiger partial charge in [0.05, 0.1) is 0 Å². The zero-order valence-corrected chi connectivity index (χ0v) is 1.97. The Morgan fingerprint density at radius 1 is 1.75 bits per heavy atom. The van der Waals surface area contributed by atoms with Gasteiger partial charge in [-0.3, -0.25) is 0 Å². The summed E-state index contributed by atoms with van der Waals surface area (Å²) in [6, 6.07) is 0. The van der Waals surface area contributed by atoms with Crippen LogP contribution in [-0.4, -0.2) is 0 Å². The van der Waals surface area contributed by atoms with Crippen LogP contribution < -0.4 is 11.9 Å². The molecule has 0 fully saturated rings. The standard InChI is InChI=1S/CH2N2.N/c2-1-3;/h2H2;. The van der Waals surface area contributed by atoms with Gasteiger partial charge in [0.1, 0.15) is 0 Å². The summed E-state index contributed by atoms with van der Waals surface area (Å²) in [5.74, 6) is 0. The van der Waals surface area contributed by atoms with Gasteiger partial charge in [-0.25, -0.2) is 0 Å². The maximum Gasteiger partial charge on any atom is 0.173 e. The number of nitrogens with two attached hydrogens (primary N) is 1. The zero-order valence-electron chi connectivity index (χ0n) is 1.97. The molecule has 3 nitrogen and oxygen atoms in total. The summed E-state index contributed by atoms with van der Waals surface area (Å²) in [6.07, 6.45) is 1.25. The summed E-state index contributed by atoms with van der Waals surface area (Å²) in [6.45, 7) is 0. The van der Waals surface area contributed by atoms with E-state index in [1.165, 1.54) is 6.19 Å². The molecule has 0 aliphatic heterocycles. The molecular formula is CH2N3. The molecule has 0 saturated heterocycles. The Kier molecular flexibility index (Phi) is 148. The summed E-state index contributed by atoms with van der Waals surface area (Å²) < 4.78 is 0. The van der Waals surface area contributed by atoms with E-state index in [0.29, 0.717) is 0 Å². The molecule has 0 rings (SSSR count). The maximum absolute atomic E-state index is 7.10. The first-order chi connectivity index (χ1) is 1.41. The Morgan fingerprint density at radius 2 is 1.75 bits per heavy atom. The highest BCUT2D eigenvalue weighted by atomic mass is 14.5. The Hall–Kier alpha value is -0.750. The van der Waals surface area contributed by atoms with E-state index in [-0.39, 0.29) is 6.15 Å². The largest absolute Gasteiger partial charge is 0.337 e. The summed E-state index contributed by atoms with van der Waals surface area (Å²) in [4.78, 5) is 0. The molecule has 0 spiro atoms. The van der Waals surface area contributed by atoms with Crippen molar-refractivity contribution < 1.29 is 0 Å². The van der Waals surface area contributed by atoms with Crippen molar-refractivity contribution in [3.05, 3.63) is 0 Å². The van der Waals surface area contributed by atoms with Gasteiger partial charge in [0.25, 0.3) is 0 Å². The first kappa shape index (κ1) is 10.5. The number of nitrogens with zero attached hydrogens (tertiary/aromatic N) is 2. The molecule has 0 aromatic heterocycles. The highest BCUT2D eigenvalue weighted by molar-refractivity contribution is 4.46. The second-order valence-corrected chi connectivity index (χ2v) is 0.129. The van der Waals surface area contributed by atoms with E-state index in [1.54, 1.807) is 0 Å². The number of rotatable bonds is 0. The minimum absolute atomic E-state index is 0. The van der Waals surface area contributed by atoms with Gasteiger partial charge in [0, 0.05) is 6.15 Å². The second kappa shape index (κ2) is 56.2. The van der Waals surface area contributed by atoms with Crippen molar-refractivity contribution in [3.8, 4) is 6.19 Å². The summed E-state index contributed by atoms with van der Waals surface area (Å²) in [5, 5.41) is 7.10. The number of nitriles is 1. The lowest BCUT2D eigenvalue weighted by atomic mass is 11.5. The van der Waals surface area contributed by atoms with Crippen LogP contribution in [0, 0.1) is 11.5 Å². The van der Waals surface area contributed by atoms with Crippen LogP contribution in [0.2, 0.25) is 0 Å². The van der Waals surface area contributed by atoms with Crippen molar-refractivity contribution >= 4 is 0 Å². The van der Waals surface area contributed by atoms with Crippen molar-refractivity contribution in [1.29, 1.82) is 5.26 Å². The third kappa shape index (κ3) is 0.139. The minimum Gasteiger partial charge on any atom is -0.337 e. The molecule has 0 heterocycles. The Balaban J connectivity index is 0. The molecule has 0 bridgehead atoms. The highest BCUT2D eigenvalue weighted by Crippen LogP contribution is 0.900. The van der Waals surface area contributed by atoms with Gasteiger partial charge in [-0.2, -0.15) is 5.26 Å². The smallest absolute Gasteiger partial charge is 0.173 e. The lowest BCUT2D eigenvalue weighted by Gasteiger charge is -1.24. The van der Waals surface area contributed by atoms with Gasteiger partial charge in [0.15, 0.2) is 6.19 Å². The van der Waals surface area contributed by atoms with E-state index in [9.17, 15) is 0 Å². The molecule has 0 saturated carbocycles. The third-order valence-corrected chi connectivity index (χ3v) is 0. The van der Waals surface area contributed by atoms with Crippen molar-refractivity contribution in [2.45, 2.75) is 0 Å². The van der Waals surface area contributed by atoms with E-state index in [4.69, 9.17) is 5.26 Å². The van der Waals surface area contributed by atoms with Crippen LogP contribution in [0.25, 0.3) is 0 Å². The molecule has 4 heavy (non-hydrogen) atoms. The van der Waals surface area contributed by atoms with E-state index in [1.807, 2.05) is 0 Å². The maximum atomic E-state index is 7.10.